The molecule has 0 aromatic heterocycles. The van der Waals surface area contributed by atoms with Gasteiger partial charge in [0.05, 0.1) is 11.3 Å². The Balaban J connectivity index is 1.85. The van der Waals surface area contributed by atoms with E-state index in [9.17, 15) is 27.2 Å². The number of halogens is 4. The van der Waals surface area contributed by atoms with E-state index < -0.39 is 35.1 Å². The van der Waals surface area contributed by atoms with Gasteiger partial charge < -0.3 is 10.6 Å². The molecule has 0 saturated heterocycles. The van der Waals surface area contributed by atoms with Gasteiger partial charge in [0.1, 0.15) is 23.3 Å². The van der Waals surface area contributed by atoms with Crippen LogP contribution in [0.3, 0.4) is 0 Å². The van der Waals surface area contributed by atoms with Crippen molar-refractivity contribution in [1.29, 1.82) is 0 Å². The molecular weight excluding hydrogens is 328 g/mol. The van der Waals surface area contributed by atoms with Gasteiger partial charge in [-0.2, -0.15) is 0 Å². The lowest BCUT2D eigenvalue weighted by atomic mass is 10.2. The summed E-state index contributed by atoms with van der Waals surface area (Å²) in [5.74, 6) is -4.98. The Morgan fingerprint density at radius 1 is 0.875 bits per heavy atom. The van der Waals surface area contributed by atoms with Crippen LogP contribution in [0.4, 0.5) is 23.2 Å². The lowest BCUT2D eigenvalue weighted by Gasteiger charge is -2.08. The number of benzene rings is 2. The SMILES string of the molecule is O=C(CCNC(=O)c1ccc(F)cc1F)Nc1ccc(F)cc1F. The highest BCUT2D eigenvalue weighted by Crippen LogP contribution is 2.15. The van der Waals surface area contributed by atoms with Crippen molar-refractivity contribution in [3.63, 3.8) is 0 Å². The first-order valence-corrected chi connectivity index (χ1v) is 6.85. The van der Waals surface area contributed by atoms with Crippen LogP contribution in [0.2, 0.25) is 0 Å². The van der Waals surface area contributed by atoms with Gasteiger partial charge in [0.2, 0.25) is 5.91 Å². The number of anilines is 1. The zero-order chi connectivity index (χ0) is 17.7. The molecule has 0 saturated carbocycles. The predicted octanol–water partition coefficient (Wildman–Crippen LogP) is 3.00. The minimum absolute atomic E-state index is 0.149. The van der Waals surface area contributed by atoms with Gasteiger partial charge in [0.15, 0.2) is 0 Å². The van der Waals surface area contributed by atoms with E-state index in [1.165, 1.54) is 0 Å². The Hall–Kier alpha value is -2.90. The first kappa shape index (κ1) is 17.5. The summed E-state index contributed by atoms with van der Waals surface area (Å²) in [6.45, 7) is -0.149. The van der Waals surface area contributed by atoms with Gasteiger partial charge in [-0.05, 0) is 24.3 Å². The highest BCUT2D eigenvalue weighted by molar-refractivity contribution is 5.95. The van der Waals surface area contributed by atoms with Crippen LogP contribution in [0.5, 0.6) is 0 Å². The van der Waals surface area contributed by atoms with Gasteiger partial charge in [-0.3, -0.25) is 9.59 Å². The van der Waals surface area contributed by atoms with Crippen molar-refractivity contribution in [2.45, 2.75) is 6.42 Å². The average molecular weight is 340 g/mol. The van der Waals surface area contributed by atoms with Crippen LogP contribution >= 0.6 is 0 Å². The van der Waals surface area contributed by atoms with E-state index in [-0.39, 0.29) is 24.2 Å². The zero-order valence-electron chi connectivity index (χ0n) is 12.2. The topological polar surface area (TPSA) is 58.2 Å². The quantitative estimate of drug-likeness (QED) is 0.822. The van der Waals surface area contributed by atoms with E-state index in [0.717, 1.165) is 24.3 Å². The van der Waals surface area contributed by atoms with Crippen molar-refractivity contribution < 1.29 is 27.2 Å². The van der Waals surface area contributed by atoms with Crippen LogP contribution in [-0.2, 0) is 4.79 Å². The second-order valence-corrected chi connectivity index (χ2v) is 4.80. The molecule has 0 fully saturated rings. The fraction of sp³-hybridized carbons (Fsp3) is 0.125. The molecule has 2 N–H and O–H groups in total. The molecule has 2 aromatic carbocycles. The third-order valence-corrected chi connectivity index (χ3v) is 3.02. The summed E-state index contributed by atoms with van der Waals surface area (Å²) in [5.41, 5.74) is -0.557. The first-order chi connectivity index (χ1) is 11.4. The molecule has 8 heteroatoms. The fourth-order valence-electron chi connectivity index (χ4n) is 1.86. The average Bonchev–Trinajstić information content (AvgIpc) is 2.50. The van der Waals surface area contributed by atoms with E-state index in [1.807, 2.05) is 0 Å². The normalized spacial score (nSPS) is 10.3. The van der Waals surface area contributed by atoms with Crippen molar-refractivity contribution in [3.8, 4) is 0 Å². The van der Waals surface area contributed by atoms with E-state index in [0.29, 0.717) is 12.1 Å². The second kappa shape index (κ2) is 7.58. The first-order valence-electron chi connectivity index (χ1n) is 6.85. The number of carbonyl (C=O) groups is 2. The van der Waals surface area contributed by atoms with Crippen molar-refractivity contribution in [2.75, 3.05) is 11.9 Å². The van der Waals surface area contributed by atoms with E-state index >= 15 is 0 Å². The molecule has 0 bridgehead atoms. The predicted molar refractivity (Wildman–Crippen MR) is 78.3 cm³/mol. The highest BCUT2D eigenvalue weighted by Gasteiger charge is 2.13. The second-order valence-electron chi connectivity index (χ2n) is 4.80. The summed E-state index contributed by atoms with van der Waals surface area (Å²) in [7, 11) is 0. The van der Waals surface area contributed by atoms with Crippen LogP contribution in [-0.4, -0.2) is 18.4 Å². The summed E-state index contributed by atoms with van der Waals surface area (Å²) in [4.78, 5) is 23.3. The van der Waals surface area contributed by atoms with Crippen LogP contribution in [0, 0.1) is 23.3 Å². The fourth-order valence-corrected chi connectivity index (χ4v) is 1.86. The molecule has 2 aromatic rings. The number of nitrogens with one attached hydrogen (secondary N) is 2. The summed E-state index contributed by atoms with van der Waals surface area (Å²) >= 11 is 0. The van der Waals surface area contributed by atoms with Crippen molar-refractivity contribution in [1.82, 2.24) is 5.32 Å². The van der Waals surface area contributed by atoms with Crippen molar-refractivity contribution >= 4 is 17.5 Å². The Morgan fingerprint density at radius 2 is 1.50 bits per heavy atom. The van der Waals surface area contributed by atoms with Crippen molar-refractivity contribution in [3.05, 3.63) is 65.2 Å². The molecule has 0 atom stereocenters. The molecule has 0 aliphatic rings. The maximum atomic E-state index is 13.4. The molecule has 2 amide bonds. The number of hydrogen-bond donors (Lipinski definition) is 2. The zero-order valence-corrected chi connectivity index (χ0v) is 12.2. The summed E-state index contributed by atoms with van der Waals surface area (Å²) in [5, 5.41) is 4.50. The van der Waals surface area contributed by atoms with E-state index in [4.69, 9.17) is 0 Å². The molecule has 24 heavy (non-hydrogen) atoms. The molecule has 0 unspecified atom stereocenters. The third-order valence-electron chi connectivity index (χ3n) is 3.02. The Labute approximate surface area is 134 Å². The summed E-state index contributed by atoms with van der Waals surface area (Å²) < 4.78 is 52.3. The minimum atomic E-state index is -1.02. The van der Waals surface area contributed by atoms with Crippen molar-refractivity contribution in [2.24, 2.45) is 0 Å². The lowest BCUT2D eigenvalue weighted by Crippen LogP contribution is -2.28. The standard InChI is InChI=1S/C16H12F4N2O2/c17-9-1-3-11(12(19)7-9)16(24)21-6-5-15(23)22-14-4-2-10(18)8-13(14)20/h1-4,7-8H,5-6H2,(H,21,24)(H,22,23). The molecule has 0 spiro atoms. The Kier molecular flexibility index (Phi) is 5.51. The maximum Gasteiger partial charge on any atom is 0.254 e. The number of rotatable bonds is 5. The third kappa shape index (κ3) is 4.55. The summed E-state index contributed by atoms with van der Waals surface area (Å²) in [6, 6.07) is 5.15. The van der Waals surface area contributed by atoms with Crippen LogP contribution in [0.15, 0.2) is 36.4 Å². The lowest BCUT2D eigenvalue weighted by molar-refractivity contribution is -0.116. The Bertz CT molecular complexity index is 781. The monoisotopic (exact) mass is 340 g/mol. The molecule has 2 rings (SSSR count). The van der Waals surface area contributed by atoms with Gasteiger partial charge in [0.25, 0.3) is 5.91 Å². The van der Waals surface area contributed by atoms with Crippen LogP contribution in [0.1, 0.15) is 16.8 Å². The number of carbonyl (C=O) groups excluding carboxylic acids is 2. The van der Waals surface area contributed by atoms with Crippen LogP contribution in [0.25, 0.3) is 0 Å². The Morgan fingerprint density at radius 3 is 2.12 bits per heavy atom. The van der Waals surface area contributed by atoms with Gasteiger partial charge in [-0.1, -0.05) is 0 Å². The highest BCUT2D eigenvalue weighted by atomic mass is 19.1. The molecule has 0 aliphatic heterocycles. The van der Waals surface area contributed by atoms with E-state index in [1.54, 1.807) is 0 Å². The molecule has 4 nitrogen and oxygen atoms in total. The maximum absolute atomic E-state index is 13.4. The summed E-state index contributed by atoms with van der Waals surface area (Å²) in [6.07, 6.45) is -0.217. The van der Waals surface area contributed by atoms with Gasteiger partial charge in [-0.25, -0.2) is 17.6 Å². The molecule has 0 radical (unpaired) electrons. The minimum Gasteiger partial charge on any atom is -0.351 e. The molecule has 126 valence electrons. The van der Waals surface area contributed by atoms with E-state index in [2.05, 4.69) is 10.6 Å². The van der Waals surface area contributed by atoms with Gasteiger partial charge >= 0.3 is 0 Å². The molecule has 0 heterocycles. The van der Waals surface area contributed by atoms with Crippen LogP contribution < -0.4 is 10.6 Å². The number of hydrogen-bond acceptors (Lipinski definition) is 2. The van der Waals surface area contributed by atoms with Gasteiger partial charge in [-0.15, -0.1) is 0 Å². The molecular formula is C16H12F4N2O2. The largest absolute Gasteiger partial charge is 0.351 e. The smallest absolute Gasteiger partial charge is 0.254 e. The molecule has 0 aliphatic carbocycles. The number of amides is 2. The van der Waals surface area contributed by atoms with Gasteiger partial charge in [0, 0.05) is 25.1 Å².